The lowest BCUT2D eigenvalue weighted by atomic mass is 10.1. The third-order valence-electron chi connectivity index (χ3n) is 8.17. The molecule has 39 heavy (non-hydrogen) atoms. The molecule has 1 saturated heterocycles. The van der Waals surface area contributed by atoms with Gasteiger partial charge < -0.3 is 14.1 Å². The van der Waals surface area contributed by atoms with Crippen molar-refractivity contribution >= 4 is 14.4 Å². The summed E-state index contributed by atoms with van der Waals surface area (Å²) in [5, 5.41) is 0. The maximum Gasteiger partial charge on any atom is 0.410 e. The van der Waals surface area contributed by atoms with Crippen molar-refractivity contribution in [1.82, 2.24) is 14.0 Å². The maximum absolute atomic E-state index is 13.8. The molecule has 218 valence electrons. The number of imidazole rings is 1. The van der Waals surface area contributed by atoms with E-state index >= 15 is 0 Å². The maximum atomic E-state index is 13.8. The van der Waals surface area contributed by atoms with E-state index in [1.54, 1.807) is 4.90 Å². The monoisotopic (exact) mass is 557 g/mol. The highest BCUT2D eigenvalue weighted by atomic mass is 28.4. The molecule has 0 saturated carbocycles. The molecule has 8 heteroatoms. The van der Waals surface area contributed by atoms with Gasteiger partial charge in [0.15, 0.2) is 8.32 Å². The minimum absolute atomic E-state index is 0.0182. The summed E-state index contributed by atoms with van der Waals surface area (Å²) in [5.41, 5.74) is 3.08. The van der Waals surface area contributed by atoms with Crippen molar-refractivity contribution in [3.05, 3.63) is 47.0 Å². The first-order chi connectivity index (χ1) is 18.3. The number of likely N-dealkylation sites (tertiary alicyclic amines) is 1. The normalized spacial score (nSPS) is 15.5. The molecule has 0 N–H and O–H groups in total. The quantitative estimate of drug-likeness (QED) is 0.224. The van der Waals surface area contributed by atoms with Crippen LogP contribution in [-0.4, -0.2) is 53.7 Å². The first kappa shape index (κ1) is 31.2. The van der Waals surface area contributed by atoms with Crippen LogP contribution >= 0.6 is 0 Å². The Labute approximate surface area is 236 Å². The van der Waals surface area contributed by atoms with Crippen molar-refractivity contribution in [2.45, 2.75) is 116 Å². The molecule has 0 aliphatic carbocycles. The smallest absolute Gasteiger partial charge is 0.410 e. The SMILES string of the molecule is CC(C)[Si](OCCCn1c(-c2ccccc2)cn(C2CCN(C(=O)OC(C)(C)C)CC2)c1=O)(C(C)C)C(C)C. The van der Waals surface area contributed by atoms with E-state index < -0.39 is 13.9 Å². The van der Waals surface area contributed by atoms with E-state index in [9.17, 15) is 9.59 Å². The van der Waals surface area contributed by atoms with Crippen molar-refractivity contribution in [1.29, 1.82) is 0 Å². The number of piperidine rings is 1. The van der Waals surface area contributed by atoms with Crippen LogP contribution in [0.4, 0.5) is 4.79 Å². The van der Waals surface area contributed by atoms with Gasteiger partial charge in [-0.15, -0.1) is 0 Å². The lowest BCUT2D eigenvalue weighted by molar-refractivity contribution is 0.0187. The zero-order valence-electron chi connectivity index (χ0n) is 25.7. The molecule has 1 aromatic heterocycles. The van der Waals surface area contributed by atoms with E-state index in [1.807, 2.05) is 54.3 Å². The number of rotatable bonds is 10. The first-order valence-electron chi connectivity index (χ1n) is 14.8. The van der Waals surface area contributed by atoms with Crippen LogP contribution in [0.3, 0.4) is 0 Å². The number of hydrogen-bond donors (Lipinski definition) is 0. The van der Waals surface area contributed by atoms with E-state index in [-0.39, 0.29) is 17.8 Å². The summed E-state index contributed by atoms with van der Waals surface area (Å²) < 4.78 is 16.1. The molecule has 1 amide bonds. The molecule has 0 unspecified atom stereocenters. The molecule has 7 nitrogen and oxygen atoms in total. The van der Waals surface area contributed by atoms with Crippen LogP contribution in [-0.2, 0) is 15.7 Å². The Morgan fingerprint density at radius 1 is 0.974 bits per heavy atom. The predicted molar refractivity (Wildman–Crippen MR) is 162 cm³/mol. The molecule has 0 bridgehead atoms. The van der Waals surface area contributed by atoms with Crippen molar-refractivity contribution in [3.63, 3.8) is 0 Å². The lowest BCUT2D eigenvalue weighted by Gasteiger charge is -2.42. The molecule has 1 aliphatic heterocycles. The second kappa shape index (κ2) is 12.9. The van der Waals surface area contributed by atoms with Gasteiger partial charge >= 0.3 is 11.8 Å². The minimum Gasteiger partial charge on any atom is -0.444 e. The summed E-state index contributed by atoms with van der Waals surface area (Å²) in [5.74, 6) is 0. The van der Waals surface area contributed by atoms with Crippen molar-refractivity contribution in [2.24, 2.45) is 0 Å². The molecule has 1 aliphatic rings. The topological polar surface area (TPSA) is 65.7 Å². The molecule has 3 rings (SSSR count). The van der Waals surface area contributed by atoms with Crippen molar-refractivity contribution in [3.8, 4) is 11.3 Å². The predicted octanol–water partition coefficient (Wildman–Crippen LogP) is 7.47. The fourth-order valence-corrected chi connectivity index (χ4v) is 11.9. The van der Waals surface area contributed by atoms with Crippen LogP contribution in [0, 0.1) is 0 Å². The van der Waals surface area contributed by atoms with Gasteiger partial charge in [-0.1, -0.05) is 71.9 Å². The fraction of sp³-hybridized carbons (Fsp3) is 0.677. The molecular formula is C31H51N3O4Si. The van der Waals surface area contributed by atoms with Gasteiger partial charge in [-0.2, -0.15) is 0 Å². The van der Waals surface area contributed by atoms with Gasteiger partial charge in [0.1, 0.15) is 5.60 Å². The molecule has 1 aromatic carbocycles. The summed E-state index contributed by atoms with van der Waals surface area (Å²) in [6.45, 7) is 21.9. The molecule has 2 aromatic rings. The van der Waals surface area contributed by atoms with Gasteiger partial charge in [0.2, 0.25) is 0 Å². The number of carbonyl (C=O) groups is 1. The second-order valence-corrected chi connectivity index (χ2v) is 18.4. The Balaban J connectivity index is 1.77. The number of ether oxygens (including phenoxy) is 1. The third kappa shape index (κ3) is 7.26. The highest BCUT2D eigenvalue weighted by molar-refractivity contribution is 6.77. The number of benzene rings is 1. The number of aromatic nitrogens is 2. The van der Waals surface area contributed by atoms with Gasteiger partial charge in [-0.05, 0) is 62.2 Å². The summed E-state index contributed by atoms with van der Waals surface area (Å²) in [7, 11) is -1.94. The molecule has 0 radical (unpaired) electrons. The largest absolute Gasteiger partial charge is 0.444 e. The average Bonchev–Trinajstić information content (AvgIpc) is 3.19. The van der Waals surface area contributed by atoms with E-state index in [4.69, 9.17) is 9.16 Å². The highest BCUT2D eigenvalue weighted by Gasteiger charge is 2.44. The zero-order chi connectivity index (χ0) is 29.0. The Morgan fingerprint density at radius 2 is 1.54 bits per heavy atom. The van der Waals surface area contributed by atoms with E-state index in [0.717, 1.165) is 30.5 Å². The number of hydrogen-bond acceptors (Lipinski definition) is 4. The van der Waals surface area contributed by atoms with Gasteiger partial charge in [-0.3, -0.25) is 9.13 Å². The summed E-state index contributed by atoms with van der Waals surface area (Å²) in [6.07, 6.45) is 3.99. The van der Waals surface area contributed by atoms with Gasteiger partial charge in [0.05, 0.1) is 5.69 Å². The number of carbonyl (C=O) groups excluding carboxylic acids is 1. The molecular weight excluding hydrogens is 506 g/mol. The Bertz CT molecular complexity index is 1100. The second-order valence-electron chi connectivity index (χ2n) is 12.9. The Hall–Kier alpha value is -2.32. The highest BCUT2D eigenvalue weighted by Crippen LogP contribution is 2.42. The van der Waals surface area contributed by atoms with E-state index in [1.165, 1.54) is 0 Å². The average molecular weight is 558 g/mol. The van der Waals surface area contributed by atoms with Gasteiger partial charge in [0.25, 0.3) is 0 Å². The van der Waals surface area contributed by atoms with Crippen molar-refractivity contribution in [2.75, 3.05) is 19.7 Å². The first-order valence-corrected chi connectivity index (χ1v) is 16.9. The number of nitrogens with zero attached hydrogens (tertiary/aromatic N) is 3. The minimum atomic E-state index is -1.94. The summed E-state index contributed by atoms with van der Waals surface area (Å²) in [4.78, 5) is 28.1. The molecule has 0 spiro atoms. The molecule has 2 heterocycles. The van der Waals surface area contributed by atoms with Crippen LogP contribution in [0.25, 0.3) is 11.3 Å². The van der Waals surface area contributed by atoms with Crippen LogP contribution in [0.2, 0.25) is 16.6 Å². The summed E-state index contributed by atoms with van der Waals surface area (Å²) in [6, 6.07) is 10.2. The third-order valence-corrected chi connectivity index (χ3v) is 14.3. The molecule has 1 fully saturated rings. The Morgan fingerprint density at radius 3 is 2.05 bits per heavy atom. The number of amides is 1. The van der Waals surface area contributed by atoms with Crippen molar-refractivity contribution < 1.29 is 14.0 Å². The van der Waals surface area contributed by atoms with E-state index in [0.29, 0.717) is 42.9 Å². The van der Waals surface area contributed by atoms with Gasteiger partial charge in [-0.25, -0.2) is 9.59 Å². The van der Waals surface area contributed by atoms with Crippen LogP contribution in [0.1, 0.15) is 87.6 Å². The summed E-state index contributed by atoms with van der Waals surface area (Å²) >= 11 is 0. The van der Waals surface area contributed by atoms with E-state index in [2.05, 4.69) is 53.7 Å². The van der Waals surface area contributed by atoms with Crippen LogP contribution in [0.5, 0.6) is 0 Å². The zero-order valence-corrected chi connectivity index (χ0v) is 26.7. The van der Waals surface area contributed by atoms with Crippen LogP contribution < -0.4 is 5.69 Å². The van der Waals surface area contributed by atoms with Gasteiger partial charge in [0, 0.05) is 38.5 Å². The molecule has 0 atom stereocenters. The standard InChI is InChI=1S/C31H51N3O4Si/c1-23(2)39(24(3)4,25(5)6)37-21-13-18-33-28(26-14-11-10-12-15-26)22-34(29(33)35)27-16-19-32(20-17-27)30(36)38-31(7,8)9/h10-12,14-15,22-25,27H,13,16-21H2,1-9H3. The van der Waals surface area contributed by atoms with Crippen LogP contribution in [0.15, 0.2) is 41.3 Å². The fourth-order valence-electron chi connectivity index (χ4n) is 6.44. The Kier molecular flexibility index (Phi) is 10.3. The lowest BCUT2D eigenvalue weighted by Crippen LogP contribution is -2.48.